The maximum atomic E-state index is 12.8. The molecule has 1 saturated heterocycles. The van der Waals surface area contributed by atoms with Gasteiger partial charge in [-0.3, -0.25) is 4.79 Å². The normalized spacial score (nSPS) is 16.0. The summed E-state index contributed by atoms with van der Waals surface area (Å²) in [5, 5.41) is 11.9. The molecule has 0 saturated carbocycles. The molecule has 34 heavy (non-hydrogen) atoms. The van der Waals surface area contributed by atoms with E-state index in [4.69, 9.17) is 9.47 Å². The fraction of sp³-hybridized carbons (Fsp3) is 0.393. The van der Waals surface area contributed by atoms with Crippen molar-refractivity contribution in [2.45, 2.75) is 38.3 Å². The summed E-state index contributed by atoms with van der Waals surface area (Å²) in [7, 11) is 3.12. The number of carbonyl (C=O) groups excluding carboxylic acids is 1. The molecule has 0 bridgehead atoms. The number of ether oxygens (including phenoxy) is 2. The Bertz CT molecular complexity index is 1140. The van der Waals surface area contributed by atoms with Crippen LogP contribution in [0.2, 0.25) is 0 Å². The summed E-state index contributed by atoms with van der Waals surface area (Å²) in [5.74, 6) is 1.00. The molecule has 0 aliphatic carbocycles. The average Bonchev–Trinajstić information content (AvgIpc) is 3.01. The fourth-order valence-corrected chi connectivity index (χ4v) is 4.71. The van der Waals surface area contributed by atoms with E-state index in [1.54, 1.807) is 38.5 Å². The first-order chi connectivity index (χ1) is 16.6. The van der Waals surface area contributed by atoms with Crippen LogP contribution in [0.1, 0.15) is 41.6 Å². The van der Waals surface area contributed by atoms with Crippen LogP contribution >= 0.6 is 0 Å². The third-order valence-corrected chi connectivity index (χ3v) is 6.48. The highest BCUT2D eigenvalue weighted by Gasteiger charge is 2.16. The van der Waals surface area contributed by atoms with E-state index in [2.05, 4.69) is 15.5 Å². The number of benzene rings is 2. The molecule has 0 amide bonds. The Morgan fingerprint density at radius 2 is 1.74 bits per heavy atom. The Balaban J connectivity index is 1.51. The lowest BCUT2D eigenvalue weighted by Gasteiger charge is -2.23. The van der Waals surface area contributed by atoms with Crippen molar-refractivity contribution in [3.8, 4) is 11.5 Å². The van der Waals surface area contributed by atoms with Gasteiger partial charge in [-0.25, -0.2) is 0 Å². The minimum atomic E-state index is -0.445. The second-order valence-electron chi connectivity index (χ2n) is 8.89. The van der Waals surface area contributed by atoms with Gasteiger partial charge in [0, 0.05) is 41.3 Å². The minimum absolute atomic E-state index is 0.112. The van der Waals surface area contributed by atoms with Crippen LogP contribution in [0.25, 0.3) is 17.0 Å². The second kappa shape index (κ2) is 11.4. The first-order valence-electron chi connectivity index (χ1n) is 12.0. The van der Waals surface area contributed by atoms with Crippen molar-refractivity contribution in [2.24, 2.45) is 0 Å². The zero-order valence-electron chi connectivity index (χ0n) is 20.1. The molecule has 180 valence electrons. The SMILES string of the molecule is COc1ccc(C(=O)/C=C\c2cn(C[C@@H](O)CN3CCCCCC3)c3ccccc23)cc1OC. The molecule has 1 fully saturated rings. The second-order valence-corrected chi connectivity index (χ2v) is 8.89. The molecule has 2 aromatic carbocycles. The zero-order valence-corrected chi connectivity index (χ0v) is 20.1. The van der Waals surface area contributed by atoms with E-state index in [9.17, 15) is 9.90 Å². The smallest absolute Gasteiger partial charge is 0.185 e. The number of carbonyl (C=O) groups is 1. The molecule has 6 nitrogen and oxygen atoms in total. The number of aliphatic hydroxyl groups excluding tert-OH is 1. The summed E-state index contributed by atoms with van der Waals surface area (Å²) in [5.41, 5.74) is 2.53. The van der Waals surface area contributed by atoms with E-state index >= 15 is 0 Å². The number of rotatable bonds is 9. The summed E-state index contributed by atoms with van der Waals surface area (Å²) < 4.78 is 12.7. The molecule has 0 radical (unpaired) electrons. The van der Waals surface area contributed by atoms with Gasteiger partial charge in [-0.05, 0) is 62.3 Å². The van der Waals surface area contributed by atoms with Gasteiger partial charge < -0.3 is 24.0 Å². The van der Waals surface area contributed by atoms with Crippen molar-refractivity contribution >= 4 is 22.8 Å². The van der Waals surface area contributed by atoms with Gasteiger partial charge in [-0.2, -0.15) is 0 Å². The summed E-state index contributed by atoms with van der Waals surface area (Å²) in [6.45, 7) is 3.34. The summed E-state index contributed by atoms with van der Waals surface area (Å²) in [4.78, 5) is 15.2. The van der Waals surface area contributed by atoms with Crippen LogP contribution in [0.5, 0.6) is 11.5 Å². The lowest BCUT2D eigenvalue weighted by Crippen LogP contribution is -2.35. The number of para-hydroxylation sites is 1. The zero-order chi connectivity index (χ0) is 23.9. The summed E-state index contributed by atoms with van der Waals surface area (Å²) in [6.07, 6.45) is 10.00. The molecular formula is C28H34N2O4. The number of likely N-dealkylation sites (tertiary alicyclic amines) is 1. The van der Waals surface area contributed by atoms with Gasteiger partial charge >= 0.3 is 0 Å². The van der Waals surface area contributed by atoms with Crippen LogP contribution in [0.4, 0.5) is 0 Å². The van der Waals surface area contributed by atoms with Crippen LogP contribution in [0.15, 0.2) is 54.7 Å². The van der Waals surface area contributed by atoms with E-state index in [-0.39, 0.29) is 5.78 Å². The van der Waals surface area contributed by atoms with Crippen LogP contribution in [0.3, 0.4) is 0 Å². The third kappa shape index (κ3) is 5.69. The molecule has 2 heterocycles. The Kier molecular flexibility index (Phi) is 8.03. The largest absolute Gasteiger partial charge is 0.493 e. The Hall–Kier alpha value is -3.09. The molecule has 6 heteroatoms. The van der Waals surface area contributed by atoms with Gasteiger partial charge in [0.2, 0.25) is 0 Å². The minimum Gasteiger partial charge on any atom is -0.493 e. The van der Waals surface area contributed by atoms with E-state index in [0.29, 0.717) is 30.2 Å². The molecule has 1 aliphatic rings. The number of ketones is 1. The number of hydrogen-bond donors (Lipinski definition) is 1. The van der Waals surface area contributed by atoms with Crippen molar-refractivity contribution < 1.29 is 19.4 Å². The van der Waals surface area contributed by atoms with Crippen LogP contribution in [-0.2, 0) is 6.54 Å². The number of nitrogens with zero attached hydrogens (tertiary/aromatic N) is 2. The molecular weight excluding hydrogens is 428 g/mol. The van der Waals surface area contributed by atoms with Crippen LogP contribution < -0.4 is 9.47 Å². The lowest BCUT2D eigenvalue weighted by atomic mass is 10.1. The number of fused-ring (bicyclic) bond motifs is 1. The first-order valence-corrected chi connectivity index (χ1v) is 12.0. The van der Waals surface area contributed by atoms with E-state index in [1.807, 2.05) is 30.5 Å². The lowest BCUT2D eigenvalue weighted by molar-refractivity contribution is 0.101. The third-order valence-electron chi connectivity index (χ3n) is 6.48. The van der Waals surface area contributed by atoms with Crippen molar-refractivity contribution in [3.05, 3.63) is 65.9 Å². The quantitative estimate of drug-likeness (QED) is 0.366. The van der Waals surface area contributed by atoms with Gasteiger partial charge in [0.1, 0.15) is 0 Å². The van der Waals surface area contributed by atoms with Crippen molar-refractivity contribution in [1.82, 2.24) is 9.47 Å². The van der Waals surface area contributed by atoms with E-state index in [0.717, 1.165) is 29.6 Å². The fourth-order valence-electron chi connectivity index (χ4n) is 4.71. The maximum absolute atomic E-state index is 12.8. The molecule has 3 aromatic rings. The van der Waals surface area contributed by atoms with Gasteiger partial charge in [0.15, 0.2) is 17.3 Å². The monoisotopic (exact) mass is 462 g/mol. The van der Waals surface area contributed by atoms with Crippen LogP contribution in [0, 0.1) is 0 Å². The highest BCUT2D eigenvalue weighted by molar-refractivity contribution is 6.08. The van der Waals surface area contributed by atoms with Gasteiger partial charge in [-0.1, -0.05) is 31.0 Å². The first kappa shape index (κ1) is 24.0. The van der Waals surface area contributed by atoms with Gasteiger partial charge in [-0.15, -0.1) is 0 Å². The van der Waals surface area contributed by atoms with E-state index < -0.39 is 6.10 Å². The molecule has 4 rings (SSSR count). The maximum Gasteiger partial charge on any atom is 0.185 e. The Labute approximate surface area is 201 Å². The summed E-state index contributed by atoms with van der Waals surface area (Å²) in [6, 6.07) is 13.3. The van der Waals surface area contributed by atoms with E-state index in [1.165, 1.54) is 25.7 Å². The highest BCUT2D eigenvalue weighted by atomic mass is 16.5. The van der Waals surface area contributed by atoms with Crippen molar-refractivity contribution in [2.75, 3.05) is 33.9 Å². The number of hydrogen-bond acceptors (Lipinski definition) is 5. The van der Waals surface area contributed by atoms with Gasteiger partial charge in [0.25, 0.3) is 0 Å². The van der Waals surface area contributed by atoms with Crippen molar-refractivity contribution in [3.63, 3.8) is 0 Å². The predicted octanol–water partition coefficient (Wildman–Crippen LogP) is 4.79. The van der Waals surface area contributed by atoms with Crippen LogP contribution in [-0.4, -0.2) is 60.3 Å². The number of β-amino-alcohol motifs (C(OH)–C–C–N with tert-alkyl or cyclic N) is 1. The van der Waals surface area contributed by atoms with Gasteiger partial charge in [0.05, 0.1) is 20.3 Å². The molecule has 1 atom stereocenters. The predicted molar refractivity (Wildman–Crippen MR) is 136 cm³/mol. The number of aromatic nitrogens is 1. The molecule has 1 N–H and O–H groups in total. The number of methoxy groups -OCH3 is 2. The number of allylic oxidation sites excluding steroid dienone is 1. The Morgan fingerprint density at radius 1 is 1.00 bits per heavy atom. The number of aliphatic hydroxyl groups is 1. The van der Waals surface area contributed by atoms with Crippen molar-refractivity contribution in [1.29, 1.82) is 0 Å². The molecule has 1 aromatic heterocycles. The molecule has 1 aliphatic heterocycles. The molecule has 0 spiro atoms. The standard InChI is InChI=1S/C28H34N2O4/c1-33-27-14-12-21(17-28(27)34-2)26(32)13-11-22-18-30(25-10-6-5-9-24(22)25)20-23(31)19-29-15-7-3-4-8-16-29/h5-6,9-14,17-18,23,31H,3-4,7-8,15-16,19-20H2,1-2H3/b13-11-/t23-/m0/s1. The highest BCUT2D eigenvalue weighted by Crippen LogP contribution is 2.28. The topological polar surface area (TPSA) is 63.9 Å². The summed E-state index contributed by atoms with van der Waals surface area (Å²) >= 11 is 0. The molecule has 0 unspecified atom stereocenters. The average molecular weight is 463 g/mol. The Morgan fingerprint density at radius 3 is 2.47 bits per heavy atom.